The fraction of sp³-hybridized carbons (Fsp3) is 0.600. The van der Waals surface area contributed by atoms with E-state index in [1.54, 1.807) is 0 Å². The molecule has 0 amide bonds. The molecule has 86 valence electrons. The third-order valence-corrected chi connectivity index (χ3v) is 3.18. The SMILES string of the molecule is CCC1(CNc2ncc([N+](=O)[O-])cn2)CC1. The molecule has 1 N–H and O–H groups in total. The highest BCUT2D eigenvalue weighted by Gasteiger charge is 2.40. The summed E-state index contributed by atoms with van der Waals surface area (Å²) in [6.45, 7) is 3.02. The van der Waals surface area contributed by atoms with Gasteiger partial charge in [0.05, 0.1) is 4.92 Å². The van der Waals surface area contributed by atoms with Gasteiger partial charge in [-0.05, 0) is 24.7 Å². The number of rotatable bonds is 5. The van der Waals surface area contributed by atoms with Crippen LogP contribution in [0.15, 0.2) is 12.4 Å². The molecule has 1 fully saturated rings. The van der Waals surface area contributed by atoms with Crippen LogP contribution in [0, 0.1) is 15.5 Å². The van der Waals surface area contributed by atoms with Crippen molar-refractivity contribution in [2.24, 2.45) is 5.41 Å². The fourth-order valence-corrected chi connectivity index (χ4v) is 1.61. The van der Waals surface area contributed by atoms with Crippen LogP contribution in [0.5, 0.6) is 0 Å². The number of aromatic nitrogens is 2. The molecule has 0 spiro atoms. The minimum absolute atomic E-state index is 0.0813. The summed E-state index contributed by atoms with van der Waals surface area (Å²) in [5.41, 5.74) is 0.327. The van der Waals surface area contributed by atoms with Crippen molar-refractivity contribution in [2.45, 2.75) is 26.2 Å². The van der Waals surface area contributed by atoms with E-state index in [4.69, 9.17) is 0 Å². The number of hydrogen-bond acceptors (Lipinski definition) is 5. The van der Waals surface area contributed by atoms with Crippen LogP contribution in [0.4, 0.5) is 11.6 Å². The van der Waals surface area contributed by atoms with Crippen molar-refractivity contribution in [3.05, 3.63) is 22.5 Å². The van der Waals surface area contributed by atoms with Gasteiger partial charge in [-0.1, -0.05) is 6.92 Å². The lowest BCUT2D eigenvalue weighted by atomic mass is 10.0. The Morgan fingerprint density at radius 1 is 1.50 bits per heavy atom. The fourth-order valence-electron chi connectivity index (χ4n) is 1.61. The lowest BCUT2D eigenvalue weighted by Gasteiger charge is -2.12. The van der Waals surface area contributed by atoms with Gasteiger partial charge in [-0.2, -0.15) is 0 Å². The second-order valence-electron chi connectivity index (χ2n) is 4.23. The Hall–Kier alpha value is -1.72. The molecular weight excluding hydrogens is 208 g/mol. The van der Waals surface area contributed by atoms with Crippen molar-refractivity contribution in [1.82, 2.24) is 9.97 Å². The van der Waals surface area contributed by atoms with E-state index < -0.39 is 4.92 Å². The molecule has 0 radical (unpaired) electrons. The molecule has 0 unspecified atom stereocenters. The van der Waals surface area contributed by atoms with Crippen molar-refractivity contribution >= 4 is 11.6 Å². The highest BCUT2D eigenvalue weighted by atomic mass is 16.6. The van der Waals surface area contributed by atoms with E-state index in [2.05, 4.69) is 22.2 Å². The molecule has 0 atom stereocenters. The molecule has 1 aromatic rings. The summed E-state index contributed by atoms with van der Waals surface area (Å²) in [5, 5.41) is 13.5. The maximum atomic E-state index is 10.4. The number of anilines is 1. The minimum atomic E-state index is -0.502. The van der Waals surface area contributed by atoms with Crippen LogP contribution < -0.4 is 5.32 Å². The number of nitrogens with zero attached hydrogens (tertiary/aromatic N) is 3. The first-order valence-electron chi connectivity index (χ1n) is 5.35. The van der Waals surface area contributed by atoms with Crippen molar-refractivity contribution in [1.29, 1.82) is 0 Å². The van der Waals surface area contributed by atoms with Crippen LogP contribution in [0.2, 0.25) is 0 Å². The second-order valence-corrected chi connectivity index (χ2v) is 4.23. The van der Waals surface area contributed by atoms with E-state index in [0.717, 1.165) is 13.0 Å². The third-order valence-electron chi connectivity index (χ3n) is 3.18. The predicted molar refractivity (Wildman–Crippen MR) is 59.1 cm³/mol. The Bertz CT molecular complexity index is 386. The molecule has 1 aliphatic rings. The third kappa shape index (κ3) is 2.26. The molecule has 0 saturated heterocycles. The van der Waals surface area contributed by atoms with Gasteiger partial charge in [0, 0.05) is 6.54 Å². The van der Waals surface area contributed by atoms with Crippen LogP contribution in [-0.2, 0) is 0 Å². The van der Waals surface area contributed by atoms with E-state index in [9.17, 15) is 10.1 Å². The first-order chi connectivity index (χ1) is 7.65. The van der Waals surface area contributed by atoms with Gasteiger partial charge in [-0.25, -0.2) is 9.97 Å². The summed E-state index contributed by atoms with van der Waals surface area (Å²) in [4.78, 5) is 17.7. The lowest BCUT2D eigenvalue weighted by molar-refractivity contribution is -0.385. The van der Waals surface area contributed by atoms with Crippen molar-refractivity contribution in [2.75, 3.05) is 11.9 Å². The van der Waals surface area contributed by atoms with Crippen LogP contribution in [0.25, 0.3) is 0 Å². The molecule has 1 heterocycles. The van der Waals surface area contributed by atoms with E-state index >= 15 is 0 Å². The van der Waals surface area contributed by atoms with Gasteiger partial charge < -0.3 is 5.32 Å². The molecule has 0 aromatic carbocycles. The minimum Gasteiger partial charge on any atom is -0.354 e. The lowest BCUT2D eigenvalue weighted by Crippen LogP contribution is -2.15. The quantitative estimate of drug-likeness (QED) is 0.608. The van der Waals surface area contributed by atoms with Crippen molar-refractivity contribution in [3.63, 3.8) is 0 Å². The van der Waals surface area contributed by atoms with E-state index in [1.807, 2.05) is 0 Å². The zero-order chi connectivity index (χ0) is 11.6. The van der Waals surface area contributed by atoms with Gasteiger partial charge in [-0.15, -0.1) is 0 Å². The van der Waals surface area contributed by atoms with Crippen molar-refractivity contribution < 1.29 is 4.92 Å². The highest BCUT2D eigenvalue weighted by molar-refractivity contribution is 5.31. The maximum Gasteiger partial charge on any atom is 0.305 e. The first kappa shape index (κ1) is 10.8. The summed E-state index contributed by atoms with van der Waals surface area (Å²) in [5.74, 6) is 0.463. The highest BCUT2D eigenvalue weighted by Crippen LogP contribution is 2.48. The van der Waals surface area contributed by atoms with Crippen LogP contribution in [0.3, 0.4) is 0 Å². The van der Waals surface area contributed by atoms with Gasteiger partial charge >= 0.3 is 5.69 Å². The molecule has 16 heavy (non-hydrogen) atoms. The summed E-state index contributed by atoms with van der Waals surface area (Å²) in [6.07, 6.45) is 6.07. The number of nitrogens with one attached hydrogen (secondary N) is 1. The molecular formula is C10H14N4O2. The summed E-state index contributed by atoms with van der Waals surface area (Å²) >= 11 is 0. The Kier molecular flexibility index (Phi) is 2.72. The Labute approximate surface area is 93.3 Å². The van der Waals surface area contributed by atoms with Gasteiger partial charge in [0.2, 0.25) is 5.95 Å². The zero-order valence-corrected chi connectivity index (χ0v) is 9.14. The van der Waals surface area contributed by atoms with Gasteiger partial charge in [0.25, 0.3) is 0 Å². The zero-order valence-electron chi connectivity index (χ0n) is 9.14. The number of hydrogen-bond donors (Lipinski definition) is 1. The van der Waals surface area contributed by atoms with Crippen LogP contribution >= 0.6 is 0 Å². The standard InChI is InChI=1S/C10H14N4O2/c1-2-10(3-4-10)7-13-9-11-5-8(6-12-9)14(15)16/h5-6H,2-4,7H2,1H3,(H,11,12,13). The Morgan fingerprint density at radius 3 is 2.56 bits per heavy atom. The Balaban J connectivity index is 1.93. The van der Waals surface area contributed by atoms with E-state index in [0.29, 0.717) is 11.4 Å². The molecule has 6 nitrogen and oxygen atoms in total. The molecule has 1 aromatic heterocycles. The topological polar surface area (TPSA) is 81.0 Å². The first-order valence-corrected chi connectivity index (χ1v) is 5.35. The van der Waals surface area contributed by atoms with Crippen LogP contribution in [-0.4, -0.2) is 21.4 Å². The molecule has 1 saturated carbocycles. The van der Waals surface area contributed by atoms with E-state index in [-0.39, 0.29) is 5.69 Å². The van der Waals surface area contributed by atoms with E-state index in [1.165, 1.54) is 25.2 Å². The molecule has 6 heteroatoms. The largest absolute Gasteiger partial charge is 0.354 e. The van der Waals surface area contributed by atoms with Crippen molar-refractivity contribution in [3.8, 4) is 0 Å². The van der Waals surface area contributed by atoms with Gasteiger partial charge in [-0.3, -0.25) is 10.1 Å². The molecule has 2 rings (SSSR count). The summed E-state index contributed by atoms with van der Waals surface area (Å²) in [7, 11) is 0. The molecule has 0 aliphatic heterocycles. The molecule has 1 aliphatic carbocycles. The second kappa shape index (κ2) is 4.03. The normalized spacial score (nSPS) is 16.8. The van der Waals surface area contributed by atoms with Gasteiger partial charge in [0.15, 0.2) is 0 Å². The monoisotopic (exact) mass is 222 g/mol. The predicted octanol–water partition coefficient (Wildman–Crippen LogP) is 1.99. The summed E-state index contributed by atoms with van der Waals surface area (Å²) in [6, 6.07) is 0. The molecule has 0 bridgehead atoms. The number of nitro groups is 1. The smallest absolute Gasteiger partial charge is 0.305 e. The Morgan fingerprint density at radius 2 is 2.12 bits per heavy atom. The maximum absolute atomic E-state index is 10.4. The summed E-state index contributed by atoms with van der Waals surface area (Å²) < 4.78 is 0. The van der Waals surface area contributed by atoms with Gasteiger partial charge in [0.1, 0.15) is 12.4 Å². The average molecular weight is 222 g/mol. The van der Waals surface area contributed by atoms with Crippen LogP contribution in [0.1, 0.15) is 26.2 Å². The average Bonchev–Trinajstić information content (AvgIpc) is 3.08.